The Balaban J connectivity index is 1.93. The highest BCUT2D eigenvalue weighted by Crippen LogP contribution is 2.36. The number of aryl methyl sites for hydroxylation is 1. The SMILES string of the molecule is CCCNc1ccc(C(=O)NCC2CC2C)c(C)c1. The molecule has 2 rings (SSSR count). The second-order valence-electron chi connectivity index (χ2n) is 5.64. The van der Waals surface area contributed by atoms with Crippen molar-refractivity contribution in [2.45, 2.75) is 33.6 Å². The van der Waals surface area contributed by atoms with Gasteiger partial charge < -0.3 is 10.6 Å². The maximum atomic E-state index is 12.1. The lowest BCUT2D eigenvalue weighted by Gasteiger charge is -2.10. The minimum Gasteiger partial charge on any atom is -0.385 e. The van der Waals surface area contributed by atoms with Crippen molar-refractivity contribution in [1.82, 2.24) is 5.32 Å². The number of nitrogens with one attached hydrogen (secondary N) is 2. The zero-order valence-corrected chi connectivity index (χ0v) is 12.1. The number of carbonyl (C=O) groups is 1. The number of anilines is 1. The maximum Gasteiger partial charge on any atom is 0.251 e. The van der Waals surface area contributed by atoms with Crippen LogP contribution >= 0.6 is 0 Å². The Labute approximate surface area is 115 Å². The van der Waals surface area contributed by atoms with Crippen LogP contribution in [0.15, 0.2) is 18.2 Å². The second-order valence-corrected chi connectivity index (χ2v) is 5.64. The van der Waals surface area contributed by atoms with E-state index in [2.05, 4.69) is 24.5 Å². The molecule has 1 aliphatic rings. The van der Waals surface area contributed by atoms with E-state index in [1.165, 1.54) is 6.42 Å². The molecule has 3 heteroatoms. The van der Waals surface area contributed by atoms with Crippen molar-refractivity contribution in [2.75, 3.05) is 18.4 Å². The van der Waals surface area contributed by atoms with Crippen LogP contribution in [0.5, 0.6) is 0 Å². The van der Waals surface area contributed by atoms with Gasteiger partial charge in [-0.3, -0.25) is 4.79 Å². The highest BCUT2D eigenvalue weighted by atomic mass is 16.1. The lowest BCUT2D eigenvalue weighted by atomic mass is 10.1. The molecular weight excluding hydrogens is 236 g/mol. The summed E-state index contributed by atoms with van der Waals surface area (Å²) in [5.41, 5.74) is 2.91. The van der Waals surface area contributed by atoms with Crippen LogP contribution in [0.2, 0.25) is 0 Å². The van der Waals surface area contributed by atoms with Gasteiger partial charge in [0.15, 0.2) is 0 Å². The zero-order chi connectivity index (χ0) is 13.8. The van der Waals surface area contributed by atoms with E-state index in [1.54, 1.807) is 0 Å². The largest absolute Gasteiger partial charge is 0.385 e. The zero-order valence-electron chi connectivity index (χ0n) is 12.1. The van der Waals surface area contributed by atoms with Crippen LogP contribution in [0.25, 0.3) is 0 Å². The number of carbonyl (C=O) groups excluding carboxylic acids is 1. The highest BCUT2D eigenvalue weighted by molar-refractivity contribution is 5.96. The smallest absolute Gasteiger partial charge is 0.251 e. The summed E-state index contributed by atoms with van der Waals surface area (Å²) in [5, 5.41) is 6.37. The molecule has 2 N–H and O–H groups in total. The van der Waals surface area contributed by atoms with Gasteiger partial charge in [0.2, 0.25) is 0 Å². The number of amides is 1. The van der Waals surface area contributed by atoms with E-state index in [9.17, 15) is 4.79 Å². The monoisotopic (exact) mass is 260 g/mol. The van der Waals surface area contributed by atoms with Crippen LogP contribution in [0.3, 0.4) is 0 Å². The van der Waals surface area contributed by atoms with Gasteiger partial charge in [0.05, 0.1) is 0 Å². The number of hydrogen-bond acceptors (Lipinski definition) is 2. The maximum absolute atomic E-state index is 12.1. The third-order valence-electron chi connectivity index (χ3n) is 3.85. The van der Waals surface area contributed by atoms with E-state index in [0.29, 0.717) is 5.92 Å². The fraction of sp³-hybridized carbons (Fsp3) is 0.562. The molecule has 1 amide bonds. The molecular formula is C16H24N2O. The molecule has 0 saturated heterocycles. The Kier molecular flexibility index (Phi) is 4.46. The van der Waals surface area contributed by atoms with Gasteiger partial charge in [0, 0.05) is 24.3 Å². The van der Waals surface area contributed by atoms with Crippen molar-refractivity contribution >= 4 is 11.6 Å². The van der Waals surface area contributed by atoms with Crippen LogP contribution in [0.4, 0.5) is 5.69 Å². The van der Waals surface area contributed by atoms with Crippen molar-refractivity contribution in [3.8, 4) is 0 Å². The molecule has 2 unspecified atom stereocenters. The summed E-state index contributed by atoms with van der Waals surface area (Å²) in [4.78, 5) is 12.1. The summed E-state index contributed by atoms with van der Waals surface area (Å²) in [6, 6.07) is 5.95. The first-order valence-corrected chi connectivity index (χ1v) is 7.24. The van der Waals surface area contributed by atoms with Crippen LogP contribution in [0.1, 0.15) is 42.6 Å². The number of benzene rings is 1. The van der Waals surface area contributed by atoms with Crippen LogP contribution < -0.4 is 10.6 Å². The molecule has 104 valence electrons. The van der Waals surface area contributed by atoms with E-state index in [0.717, 1.165) is 42.2 Å². The molecule has 0 spiro atoms. The molecule has 2 atom stereocenters. The summed E-state index contributed by atoms with van der Waals surface area (Å²) in [5.74, 6) is 1.52. The number of rotatable bonds is 6. The summed E-state index contributed by atoms with van der Waals surface area (Å²) >= 11 is 0. The normalized spacial score (nSPS) is 21.0. The molecule has 0 aromatic heterocycles. The molecule has 1 fully saturated rings. The molecule has 0 radical (unpaired) electrons. The van der Waals surface area contributed by atoms with Crippen LogP contribution in [0, 0.1) is 18.8 Å². The molecule has 0 aliphatic heterocycles. The standard InChI is InChI=1S/C16H24N2O/c1-4-7-17-14-5-6-15(12(3)9-14)16(19)18-10-13-8-11(13)2/h5-6,9,11,13,17H,4,7-8,10H2,1-3H3,(H,18,19). The Morgan fingerprint density at radius 1 is 1.42 bits per heavy atom. The first-order valence-electron chi connectivity index (χ1n) is 7.24. The Morgan fingerprint density at radius 3 is 2.74 bits per heavy atom. The Hall–Kier alpha value is -1.51. The van der Waals surface area contributed by atoms with Crippen molar-refractivity contribution in [2.24, 2.45) is 11.8 Å². The molecule has 1 aromatic rings. The molecule has 1 saturated carbocycles. The van der Waals surface area contributed by atoms with E-state index in [4.69, 9.17) is 0 Å². The average molecular weight is 260 g/mol. The lowest BCUT2D eigenvalue weighted by Crippen LogP contribution is -2.26. The van der Waals surface area contributed by atoms with E-state index < -0.39 is 0 Å². The topological polar surface area (TPSA) is 41.1 Å². The van der Waals surface area contributed by atoms with Crippen LogP contribution in [-0.2, 0) is 0 Å². The van der Waals surface area contributed by atoms with Crippen molar-refractivity contribution in [3.05, 3.63) is 29.3 Å². The highest BCUT2D eigenvalue weighted by Gasteiger charge is 2.32. The van der Waals surface area contributed by atoms with Crippen molar-refractivity contribution in [1.29, 1.82) is 0 Å². The Morgan fingerprint density at radius 2 is 2.16 bits per heavy atom. The molecule has 19 heavy (non-hydrogen) atoms. The first kappa shape index (κ1) is 13.9. The summed E-state index contributed by atoms with van der Waals surface area (Å²) < 4.78 is 0. The summed E-state index contributed by atoms with van der Waals surface area (Å²) in [6.07, 6.45) is 2.35. The first-order chi connectivity index (χ1) is 9.11. The fourth-order valence-corrected chi connectivity index (χ4v) is 2.30. The van der Waals surface area contributed by atoms with Crippen molar-refractivity contribution < 1.29 is 4.79 Å². The lowest BCUT2D eigenvalue weighted by molar-refractivity contribution is 0.0951. The predicted molar refractivity (Wildman–Crippen MR) is 79.6 cm³/mol. The van der Waals surface area contributed by atoms with Gasteiger partial charge in [-0.15, -0.1) is 0 Å². The molecule has 1 aliphatic carbocycles. The van der Waals surface area contributed by atoms with Crippen LogP contribution in [-0.4, -0.2) is 19.0 Å². The molecule has 1 aromatic carbocycles. The minimum absolute atomic E-state index is 0.0543. The minimum atomic E-state index is 0.0543. The summed E-state index contributed by atoms with van der Waals surface area (Å²) in [7, 11) is 0. The van der Waals surface area contributed by atoms with Gasteiger partial charge in [0.1, 0.15) is 0 Å². The third kappa shape index (κ3) is 3.72. The van der Waals surface area contributed by atoms with Gasteiger partial charge in [-0.1, -0.05) is 13.8 Å². The molecule has 0 bridgehead atoms. The van der Waals surface area contributed by atoms with E-state index >= 15 is 0 Å². The second kappa shape index (κ2) is 6.09. The van der Waals surface area contributed by atoms with E-state index in [1.807, 2.05) is 25.1 Å². The quantitative estimate of drug-likeness (QED) is 0.824. The average Bonchev–Trinajstić information content (AvgIpc) is 3.09. The summed E-state index contributed by atoms with van der Waals surface area (Å²) in [6.45, 7) is 8.14. The van der Waals surface area contributed by atoms with Gasteiger partial charge >= 0.3 is 0 Å². The van der Waals surface area contributed by atoms with Gasteiger partial charge in [-0.05, 0) is 55.4 Å². The van der Waals surface area contributed by atoms with Gasteiger partial charge in [0.25, 0.3) is 5.91 Å². The van der Waals surface area contributed by atoms with Gasteiger partial charge in [-0.25, -0.2) is 0 Å². The Bertz CT molecular complexity index is 456. The van der Waals surface area contributed by atoms with Gasteiger partial charge in [-0.2, -0.15) is 0 Å². The number of hydrogen-bond donors (Lipinski definition) is 2. The van der Waals surface area contributed by atoms with Crippen molar-refractivity contribution in [3.63, 3.8) is 0 Å². The molecule has 3 nitrogen and oxygen atoms in total. The van der Waals surface area contributed by atoms with E-state index in [-0.39, 0.29) is 5.91 Å². The fourth-order valence-electron chi connectivity index (χ4n) is 2.30. The third-order valence-corrected chi connectivity index (χ3v) is 3.85. The molecule has 0 heterocycles. The predicted octanol–water partition coefficient (Wildman–Crippen LogP) is 3.20.